The van der Waals surface area contributed by atoms with Crippen LogP contribution in [0.2, 0.25) is 0 Å². The van der Waals surface area contributed by atoms with Crippen LogP contribution >= 0.6 is 0 Å². The van der Waals surface area contributed by atoms with Crippen molar-refractivity contribution < 1.29 is 14.0 Å². The molecule has 2 rings (SSSR count). The van der Waals surface area contributed by atoms with Crippen LogP contribution in [0.3, 0.4) is 0 Å². The molecule has 0 aliphatic heterocycles. The highest BCUT2D eigenvalue weighted by Crippen LogP contribution is 2.13. The Labute approximate surface area is 160 Å². The van der Waals surface area contributed by atoms with Crippen LogP contribution in [0.25, 0.3) is 0 Å². The molecule has 0 atom stereocenters. The van der Waals surface area contributed by atoms with Gasteiger partial charge in [0.1, 0.15) is 0 Å². The largest absolute Gasteiger partial charge is 0.459 e. The summed E-state index contributed by atoms with van der Waals surface area (Å²) >= 11 is 0. The number of nitrogens with one attached hydrogen (secondary N) is 2. The van der Waals surface area contributed by atoms with Gasteiger partial charge in [0, 0.05) is 12.1 Å². The average molecular weight is 369 g/mol. The molecule has 2 aromatic rings. The minimum atomic E-state index is -0.317. The number of unbranched alkanes of at least 4 members (excludes halogenated alkanes) is 4. The van der Waals surface area contributed by atoms with Crippen LogP contribution in [0.5, 0.6) is 0 Å². The van der Waals surface area contributed by atoms with E-state index in [0.717, 1.165) is 18.4 Å². The van der Waals surface area contributed by atoms with E-state index < -0.39 is 0 Å². The van der Waals surface area contributed by atoms with Crippen LogP contribution in [0.4, 0.5) is 5.69 Å². The number of rotatable bonds is 10. The molecule has 0 spiro atoms. The van der Waals surface area contributed by atoms with Crippen molar-refractivity contribution in [3.05, 3.63) is 54.0 Å². The molecule has 0 unspecified atom stereocenters. The van der Waals surface area contributed by atoms with Gasteiger partial charge in [0.15, 0.2) is 5.76 Å². The van der Waals surface area contributed by atoms with E-state index in [9.17, 15) is 9.59 Å². The fourth-order valence-corrected chi connectivity index (χ4v) is 2.58. The summed E-state index contributed by atoms with van der Waals surface area (Å²) in [6, 6.07) is 10.5. The van der Waals surface area contributed by atoms with E-state index in [4.69, 9.17) is 4.42 Å². The van der Waals surface area contributed by atoms with Crippen molar-refractivity contribution in [1.29, 1.82) is 0 Å². The zero-order valence-corrected chi connectivity index (χ0v) is 16.0. The molecule has 1 aromatic carbocycles. The second-order valence-corrected chi connectivity index (χ2v) is 6.41. The number of hydrogen-bond acceptors (Lipinski definition) is 4. The van der Waals surface area contributed by atoms with Gasteiger partial charge in [-0.3, -0.25) is 9.59 Å². The number of amides is 2. The van der Waals surface area contributed by atoms with Crippen molar-refractivity contribution in [3.63, 3.8) is 0 Å². The smallest absolute Gasteiger partial charge is 0.291 e. The molecule has 144 valence electrons. The van der Waals surface area contributed by atoms with E-state index in [1.165, 1.54) is 25.5 Å². The van der Waals surface area contributed by atoms with E-state index in [1.54, 1.807) is 24.3 Å². The maximum atomic E-state index is 12.0. The van der Waals surface area contributed by atoms with Gasteiger partial charge in [0.05, 0.1) is 12.0 Å². The lowest BCUT2D eigenvalue weighted by atomic mass is 10.1. The number of hydrazone groups is 1. The van der Waals surface area contributed by atoms with Gasteiger partial charge in [-0.05, 0) is 43.2 Å². The Bertz CT molecular complexity index is 767. The van der Waals surface area contributed by atoms with Crippen molar-refractivity contribution in [2.75, 3.05) is 5.32 Å². The highest BCUT2D eigenvalue weighted by atomic mass is 16.3. The summed E-state index contributed by atoms with van der Waals surface area (Å²) < 4.78 is 5.08. The molecule has 0 fully saturated rings. The molecule has 0 saturated carbocycles. The van der Waals surface area contributed by atoms with Crippen LogP contribution in [0, 0.1) is 0 Å². The maximum absolute atomic E-state index is 12.0. The molecule has 6 nitrogen and oxygen atoms in total. The van der Waals surface area contributed by atoms with Gasteiger partial charge in [0.25, 0.3) is 5.91 Å². The lowest BCUT2D eigenvalue weighted by molar-refractivity contribution is -0.121. The Hall–Kier alpha value is -2.89. The Morgan fingerprint density at radius 2 is 1.89 bits per heavy atom. The first-order valence-electron chi connectivity index (χ1n) is 9.38. The summed E-state index contributed by atoms with van der Waals surface area (Å²) in [5, 5.41) is 6.94. The van der Waals surface area contributed by atoms with E-state index in [2.05, 4.69) is 22.8 Å². The second-order valence-electron chi connectivity index (χ2n) is 6.41. The van der Waals surface area contributed by atoms with Gasteiger partial charge >= 0.3 is 0 Å². The predicted molar refractivity (Wildman–Crippen MR) is 107 cm³/mol. The summed E-state index contributed by atoms with van der Waals surface area (Å²) in [6.07, 6.45) is 7.47. The van der Waals surface area contributed by atoms with Gasteiger partial charge in [-0.15, -0.1) is 0 Å². The minimum absolute atomic E-state index is 0.0758. The van der Waals surface area contributed by atoms with Crippen molar-refractivity contribution >= 4 is 23.2 Å². The Kier molecular flexibility index (Phi) is 8.29. The zero-order valence-electron chi connectivity index (χ0n) is 16.0. The van der Waals surface area contributed by atoms with Crippen molar-refractivity contribution in [2.24, 2.45) is 5.10 Å². The molecule has 1 heterocycles. The van der Waals surface area contributed by atoms with Crippen LogP contribution in [0.15, 0.2) is 52.2 Å². The third-order valence-corrected chi connectivity index (χ3v) is 4.14. The fourth-order valence-electron chi connectivity index (χ4n) is 2.58. The van der Waals surface area contributed by atoms with Gasteiger partial charge < -0.3 is 9.73 Å². The molecule has 2 amide bonds. The Balaban J connectivity index is 1.86. The van der Waals surface area contributed by atoms with Crippen LogP contribution < -0.4 is 10.7 Å². The van der Waals surface area contributed by atoms with Crippen molar-refractivity contribution in [1.82, 2.24) is 5.43 Å². The third-order valence-electron chi connectivity index (χ3n) is 4.14. The Morgan fingerprint density at radius 1 is 1.07 bits per heavy atom. The first-order valence-corrected chi connectivity index (χ1v) is 9.38. The molecule has 0 saturated heterocycles. The summed E-state index contributed by atoms with van der Waals surface area (Å²) in [5.41, 5.74) is 4.72. The van der Waals surface area contributed by atoms with Crippen molar-refractivity contribution in [3.8, 4) is 0 Å². The average Bonchev–Trinajstić information content (AvgIpc) is 3.21. The predicted octanol–water partition coefficient (Wildman–Crippen LogP) is 4.73. The summed E-state index contributed by atoms with van der Waals surface area (Å²) in [7, 11) is 0. The second kappa shape index (κ2) is 11.0. The standard InChI is InChI=1S/C21H27N3O3/c1-3-4-5-6-7-13-20(25)24-23-16(2)17-10-8-11-18(15-17)22-21(26)19-12-9-14-27-19/h8-12,14-15H,3-7,13H2,1-2H3,(H,22,26)(H,24,25). The third kappa shape index (κ3) is 7.09. The fraction of sp³-hybridized carbons (Fsp3) is 0.381. The number of furan rings is 1. The molecule has 2 N–H and O–H groups in total. The molecular formula is C21H27N3O3. The van der Waals surface area contributed by atoms with Crippen molar-refractivity contribution in [2.45, 2.75) is 52.4 Å². The van der Waals surface area contributed by atoms with E-state index >= 15 is 0 Å². The summed E-state index contributed by atoms with van der Waals surface area (Å²) in [5.74, 6) is -0.145. The van der Waals surface area contributed by atoms with Crippen LogP contribution in [-0.2, 0) is 4.79 Å². The maximum Gasteiger partial charge on any atom is 0.291 e. The van der Waals surface area contributed by atoms with Crippen LogP contribution in [0.1, 0.15) is 68.5 Å². The number of anilines is 1. The quantitative estimate of drug-likeness (QED) is 0.361. The topological polar surface area (TPSA) is 83.7 Å². The molecule has 0 aliphatic carbocycles. The first-order chi connectivity index (χ1) is 13.1. The highest BCUT2D eigenvalue weighted by molar-refractivity contribution is 6.04. The monoisotopic (exact) mass is 369 g/mol. The molecule has 1 aromatic heterocycles. The van der Waals surface area contributed by atoms with Crippen LogP contribution in [-0.4, -0.2) is 17.5 Å². The van der Waals surface area contributed by atoms with Gasteiger partial charge in [-0.25, -0.2) is 5.43 Å². The van der Waals surface area contributed by atoms with E-state index in [0.29, 0.717) is 17.8 Å². The first kappa shape index (κ1) is 20.4. The molecule has 0 aliphatic rings. The Morgan fingerprint density at radius 3 is 2.63 bits per heavy atom. The molecular weight excluding hydrogens is 342 g/mol. The number of benzene rings is 1. The number of carbonyl (C=O) groups is 2. The number of hydrogen-bond donors (Lipinski definition) is 2. The molecule has 27 heavy (non-hydrogen) atoms. The minimum Gasteiger partial charge on any atom is -0.459 e. The summed E-state index contributed by atoms with van der Waals surface area (Å²) in [4.78, 5) is 23.9. The van der Waals surface area contributed by atoms with Gasteiger partial charge in [0.2, 0.25) is 5.91 Å². The SMILES string of the molecule is CCCCCCCC(=O)NN=C(C)c1cccc(NC(=O)c2ccco2)c1. The van der Waals surface area contributed by atoms with Gasteiger partial charge in [-0.1, -0.05) is 44.7 Å². The van der Waals surface area contributed by atoms with E-state index in [-0.39, 0.29) is 17.6 Å². The molecule has 6 heteroatoms. The zero-order chi connectivity index (χ0) is 19.5. The van der Waals surface area contributed by atoms with E-state index in [1.807, 2.05) is 19.1 Å². The highest BCUT2D eigenvalue weighted by Gasteiger charge is 2.09. The number of carbonyl (C=O) groups excluding carboxylic acids is 2. The lowest BCUT2D eigenvalue weighted by Gasteiger charge is -2.07. The summed E-state index contributed by atoms with van der Waals surface area (Å²) in [6.45, 7) is 3.98. The molecule has 0 bridgehead atoms. The lowest BCUT2D eigenvalue weighted by Crippen LogP contribution is -2.19. The van der Waals surface area contributed by atoms with Gasteiger partial charge in [-0.2, -0.15) is 5.10 Å². The molecule has 0 radical (unpaired) electrons. The normalized spacial score (nSPS) is 11.3. The number of nitrogens with zero attached hydrogens (tertiary/aromatic N) is 1.